The van der Waals surface area contributed by atoms with Crippen molar-refractivity contribution in [1.82, 2.24) is 0 Å². The summed E-state index contributed by atoms with van der Waals surface area (Å²) in [6.45, 7) is 0. The molecule has 1 aromatic heterocycles. The molecule has 0 N–H and O–H groups in total. The van der Waals surface area contributed by atoms with Crippen LogP contribution in [0.2, 0.25) is 0 Å². The van der Waals surface area contributed by atoms with Crippen molar-refractivity contribution < 1.29 is 18.7 Å². The summed E-state index contributed by atoms with van der Waals surface area (Å²) in [4.78, 5) is 24.9. The highest BCUT2D eigenvalue weighted by Crippen LogP contribution is 2.31. The van der Waals surface area contributed by atoms with Crippen LogP contribution < -0.4 is 4.74 Å². The smallest absolute Gasteiger partial charge is 0.264 e. The fourth-order valence-electron chi connectivity index (χ4n) is 2.55. The van der Waals surface area contributed by atoms with Crippen LogP contribution in [0.3, 0.4) is 0 Å². The van der Waals surface area contributed by atoms with E-state index in [9.17, 15) is 9.59 Å². The van der Waals surface area contributed by atoms with Gasteiger partial charge in [-0.2, -0.15) is 0 Å². The van der Waals surface area contributed by atoms with Gasteiger partial charge in [-0.25, -0.2) is 0 Å². The molecule has 0 fully saturated rings. The van der Waals surface area contributed by atoms with Gasteiger partial charge in [-0.1, -0.05) is 48.5 Å². The number of carbonyl (C=O) groups is 2. The molecule has 4 nitrogen and oxygen atoms in total. The van der Waals surface area contributed by atoms with Crippen molar-refractivity contribution in [1.29, 1.82) is 0 Å². The minimum atomic E-state index is -0.435. The Morgan fingerprint density at radius 2 is 1.50 bits per heavy atom. The molecule has 0 atom stereocenters. The highest BCUT2D eigenvalue weighted by Gasteiger charge is 2.32. The first-order chi connectivity index (χ1) is 11.7. The lowest BCUT2D eigenvalue weighted by atomic mass is 10.0. The molecule has 0 bridgehead atoms. The van der Waals surface area contributed by atoms with Gasteiger partial charge in [0, 0.05) is 11.6 Å². The third-order valence-electron chi connectivity index (χ3n) is 3.72. The predicted octanol–water partition coefficient (Wildman–Crippen LogP) is 4.29. The van der Waals surface area contributed by atoms with E-state index in [0.29, 0.717) is 11.5 Å². The maximum absolute atomic E-state index is 12.6. The van der Waals surface area contributed by atoms with Crippen LogP contribution in [0.4, 0.5) is 0 Å². The maximum Gasteiger partial charge on any atom is 0.264 e. The van der Waals surface area contributed by atoms with Crippen LogP contribution in [0.25, 0.3) is 11.3 Å². The van der Waals surface area contributed by atoms with Crippen molar-refractivity contribution in [3.8, 4) is 17.1 Å². The van der Waals surface area contributed by atoms with Crippen LogP contribution in [0.5, 0.6) is 5.75 Å². The number of fused-ring (bicyclic) bond motifs is 1. The summed E-state index contributed by atoms with van der Waals surface area (Å²) in [6.07, 6.45) is 1.21. The van der Waals surface area contributed by atoms with Gasteiger partial charge in [0.15, 0.2) is 17.3 Å². The molecular weight excluding hydrogens is 304 g/mol. The summed E-state index contributed by atoms with van der Waals surface area (Å²) in [5.41, 5.74) is 1.07. The van der Waals surface area contributed by atoms with Gasteiger partial charge >= 0.3 is 0 Å². The Bertz CT molecular complexity index is 950. The first-order valence-electron chi connectivity index (χ1n) is 7.45. The zero-order chi connectivity index (χ0) is 16.5. The van der Waals surface area contributed by atoms with E-state index in [4.69, 9.17) is 9.15 Å². The summed E-state index contributed by atoms with van der Waals surface area (Å²) in [7, 11) is 0. The Balaban J connectivity index is 1.70. The van der Waals surface area contributed by atoms with E-state index in [1.54, 1.807) is 30.3 Å². The number of carbonyl (C=O) groups excluding carboxylic acids is 2. The van der Waals surface area contributed by atoms with Crippen molar-refractivity contribution in [2.75, 3.05) is 0 Å². The number of allylic oxidation sites excluding steroid dienone is 2. The highest BCUT2D eigenvalue weighted by molar-refractivity contribution is 6.23. The number of furan rings is 1. The van der Waals surface area contributed by atoms with Gasteiger partial charge in [0.25, 0.3) is 5.78 Å². The minimum Gasteiger partial charge on any atom is -0.453 e. The molecule has 0 amide bonds. The van der Waals surface area contributed by atoms with Crippen LogP contribution in [0, 0.1) is 0 Å². The number of para-hydroxylation sites is 1. The van der Waals surface area contributed by atoms with Crippen molar-refractivity contribution >= 4 is 11.6 Å². The molecule has 1 aliphatic rings. The minimum absolute atomic E-state index is 0.0206. The lowest BCUT2D eigenvalue weighted by molar-refractivity contribution is 0.0924. The van der Waals surface area contributed by atoms with E-state index >= 15 is 0 Å². The van der Waals surface area contributed by atoms with E-state index in [0.717, 1.165) is 5.56 Å². The van der Waals surface area contributed by atoms with E-state index < -0.39 is 5.78 Å². The summed E-state index contributed by atoms with van der Waals surface area (Å²) in [6, 6.07) is 19.8. The van der Waals surface area contributed by atoms with Crippen molar-refractivity contribution in [2.24, 2.45) is 0 Å². The summed E-state index contributed by atoms with van der Waals surface area (Å²) >= 11 is 0. The van der Waals surface area contributed by atoms with E-state index in [1.807, 2.05) is 36.4 Å². The number of ether oxygens (including phenoxy) is 1. The van der Waals surface area contributed by atoms with Crippen LogP contribution in [-0.2, 0) is 0 Å². The largest absolute Gasteiger partial charge is 0.453 e. The fraction of sp³-hybridized carbons (Fsp3) is 0. The third kappa shape index (κ3) is 2.44. The van der Waals surface area contributed by atoms with Crippen molar-refractivity contribution in [3.63, 3.8) is 0 Å². The Morgan fingerprint density at radius 1 is 0.833 bits per heavy atom. The van der Waals surface area contributed by atoms with Gasteiger partial charge in [0.05, 0.1) is 5.56 Å². The molecule has 0 radical (unpaired) electrons. The number of benzene rings is 2. The average Bonchev–Trinajstić information content (AvgIpc) is 3.07. The molecule has 0 saturated heterocycles. The monoisotopic (exact) mass is 316 g/mol. The van der Waals surface area contributed by atoms with Crippen LogP contribution in [-0.4, -0.2) is 11.6 Å². The van der Waals surface area contributed by atoms with Gasteiger partial charge < -0.3 is 9.15 Å². The van der Waals surface area contributed by atoms with Crippen LogP contribution in [0.1, 0.15) is 20.9 Å². The molecule has 116 valence electrons. The molecule has 1 aliphatic carbocycles. The van der Waals surface area contributed by atoms with E-state index in [2.05, 4.69) is 0 Å². The SMILES string of the molecule is O=C1C=C(Oc2ccccc2)C(=O)c2oc(-c3ccccc3)cc21. The second kappa shape index (κ2) is 5.66. The molecule has 4 heteroatoms. The van der Waals surface area contributed by atoms with Crippen molar-refractivity contribution in [3.05, 3.63) is 89.9 Å². The fourth-order valence-corrected chi connectivity index (χ4v) is 2.55. The maximum atomic E-state index is 12.6. The molecule has 0 spiro atoms. The van der Waals surface area contributed by atoms with Crippen molar-refractivity contribution in [2.45, 2.75) is 0 Å². The molecule has 0 aliphatic heterocycles. The normalized spacial score (nSPS) is 13.4. The number of Topliss-reactive ketones (excluding diaryl/α,β-unsaturated/α-hetero) is 1. The standard InChI is InChI=1S/C20H12O4/c21-16-12-18(23-14-9-5-2-6-10-14)19(22)20-15(16)11-17(24-20)13-7-3-1-4-8-13/h1-12H. The van der Waals surface area contributed by atoms with E-state index in [-0.39, 0.29) is 22.9 Å². The molecule has 24 heavy (non-hydrogen) atoms. The number of hydrogen-bond donors (Lipinski definition) is 0. The lowest BCUT2D eigenvalue weighted by Crippen LogP contribution is -2.18. The topological polar surface area (TPSA) is 56.5 Å². The van der Waals surface area contributed by atoms with Gasteiger partial charge in [-0.05, 0) is 18.2 Å². The summed E-state index contributed by atoms with van der Waals surface area (Å²) in [5, 5.41) is 0. The Morgan fingerprint density at radius 3 is 2.21 bits per heavy atom. The molecule has 2 aromatic carbocycles. The van der Waals surface area contributed by atoms with Gasteiger partial charge in [0.2, 0.25) is 0 Å². The number of rotatable bonds is 3. The summed E-state index contributed by atoms with van der Waals surface area (Å²) < 4.78 is 11.2. The van der Waals surface area contributed by atoms with Crippen LogP contribution in [0.15, 0.2) is 83.0 Å². The first kappa shape index (κ1) is 14.2. The first-order valence-corrected chi connectivity index (χ1v) is 7.45. The highest BCUT2D eigenvalue weighted by atomic mass is 16.5. The van der Waals surface area contributed by atoms with Gasteiger partial charge in [-0.3, -0.25) is 9.59 Å². The summed E-state index contributed by atoms with van der Waals surface area (Å²) in [5.74, 6) is 0.219. The molecular formula is C20H12O4. The molecule has 4 rings (SSSR count). The Labute approximate surface area is 138 Å². The Kier molecular flexibility index (Phi) is 3.35. The lowest BCUT2D eigenvalue weighted by Gasteiger charge is -2.11. The predicted molar refractivity (Wildman–Crippen MR) is 88.0 cm³/mol. The zero-order valence-electron chi connectivity index (χ0n) is 12.6. The second-order valence-corrected chi connectivity index (χ2v) is 5.34. The van der Waals surface area contributed by atoms with Crippen LogP contribution >= 0.6 is 0 Å². The zero-order valence-corrected chi connectivity index (χ0v) is 12.6. The second-order valence-electron chi connectivity index (χ2n) is 5.34. The Hall–Kier alpha value is -3.40. The third-order valence-corrected chi connectivity index (χ3v) is 3.72. The quantitative estimate of drug-likeness (QED) is 0.723. The molecule has 1 heterocycles. The van der Waals surface area contributed by atoms with Gasteiger partial charge in [-0.15, -0.1) is 0 Å². The molecule has 3 aromatic rings. The van der Waals surface area contributed by atoms with E-state index in [1.165, 1.54) is 6.08 Å². The molecule has 0 unspecified atom stereocenters. The van der Waals surface area contributed by atoms with Gasteiger partial charge in [0.1, 0.15) is 11.5 Å². The number of hydrogen-bond acceptors (Lipinski definition) is 4. The average molecular weight is 316 g/mol. The number of ketones is 2. The molecule has 0 saturated carbocycles.